The van der Waals surface area contributed by atoms with Crippen molar-refractivity contribution in [3.8, 4) is 23.4 Å². The van der Waals surface area contributed by atoms with E-state index in [1.807, 2.05) is 0 Å². The van der Waals surface area contributed by atoms with Gasteiger partial charge in [-0.3, -0.25) is 0 Å². The Kier molecular flexibility index (Phi) is 5.81. The Labute approximate surface area is 166 Å². The molecule has 2 aromatic carbocycles. The van der Waals surface area contributed by atoms with Crippen molar-refractivity contribution in [2.75, 3.05) is 18.4 Å². The molecule has 0 saturated carbocycles. The van der Waals surface area contributed by atoms with Crippen LogP contribution in [0.15, 0.2) is 54.7 Å². The van der Waals surface area contributed by atoms with Crippen molar-refractivity contribution in [1.29, 1.82) is 0 Å². The van der Waals surface area contributed by atoms with Crippen molar-refractivity contribution in [1.82, 2.24) is 15.3 Å². The van der Waals surface area contributed by atoms with Crippen molar-refractivity contribution in [3.63, 3.8) is 0 Å². The first-order chi connectivity index (χ1) is 14.2. The minimum absolute atomic E-state index is 0.0539. The molecule has 6 nitrogen and oxygen atoms in total. The fraction of sp³-hybridized carbons (Fsp3) is 0.238. The van der Waals surface area contributed by atoms with Crippen LogP contribution in [0, 0.1) is 11.6 Å². The summed E-state index contributed by atoms with van der Waals surface area (Å²) in [6.45, 7) is 1.70. The normalized spacial score (nSPS) is 15.9. The highest BCUT2D eigenvalue weighted by atomic mass is 19.1. The molecular formula is C21H20F2N4O2. The monoisotopic (exact) mass is 398 g/mol. The number of rotatable bonds is 7. The highest BCUT2D eigenvalue weighted by Crippen LogP contribution is 2.30. The number of hydrogen-bond acceptors (Lipinski definition) is 6. The van der Waals surface area contributed by atoms with Gasteiger partial charge in [-0.15, -0.1) is 0 Å². The van der Waals surface area contributed by atoms with E-state index in [-0.39, 0.29) is 23.5 Å². The predicted octanol–water partition coefficient (Wildman–Crippen LogP) is 4.50. The third kappa shape index (κ3) is 5.17. The van der Waals surface area contributed by atoms with Crippen molar-refractivity contribution >= 4 is 5.69 Å². The first-order valence-corrected chi connectivity index (χ1v) is 9.37. The summed E-state index contributed by atoms with van der Waals surface area (Å²) < 4.78 is 37.7. The van der Waals surface area contributed by atoms with Crippen LogP contribution < -0.4 is 20.1 Å². The lowest BCUT2D eigenvalue weighted by Crippen LogP contribution is -2.29. The summed E-state index contributed by atoms with van der Waals surface area (Å²) >= 11 is 0. The molecule has 1 aromatic heterocycles. The van der Waals surface area contributed by atoms with Crippen LogP contribution in [0.25, 0.3) is 0 Å². The number of halogens is 2. The molecule has 0 radical (unpaired) electrons. The maximum atomic E-state index is 13.2. The number of ether oxygens (including phenoxy) is 2. The lowest BCUT2D eigenvalue weighted by atomic mass is 10.2. The molecule has 3 aromatic rings. The van der Waals surface area contributed by atoms with Crippen LogP contribution in [0.3, 0.4) is 0 Å². The van der Waals surface area contributed by atoms with Crippen LogP contribution in [0.1, 0.15) is 12.8 Å². The van der Waals surface area contributed by atoms with E-state index >= 15 is 0 Å². The molecule has 29 heavy (non-hydrogen) atoms. The SMILES string of the molecule is Fc1ccc(Oc2ncc(NC[C@@H]3CCCN3)c(Oc3ccc(F)cc3)n2)cc1. The third-order valence-corrected chi connectivity index (χ3v) is 4.48. The summed E-state index contributed by atoms with van der Waals surface area (Å²) in [5, 5.41) is 6.70. The first kappa shape index (κ1) is 19.1. The van der Waals surface area contributed by atoms with E-state index in [0.29, 0.717) is 29.8 Å². The second kappa shape index (κ2) is 8.83. The summed E-state index contributed by atoms with van der Waals surface area (Å²) in [6, 6.07) is 11.6. The first-order valence-electron chi connectivity index (χ1n) is 9.37. The molecule has 1 fully saturated rings. The predicted molar refractivity (Wildman–Crippen MR) is 104 cm³/mol. The Morgan fingerprint density at radius 3 is 2.24 bits per heavy atom. The summed E-state index contributed by atoms with van der Waals surface area (Å²) in [4.78, 5) is 8.54. The van der Waals surface area contributed by atoms with Gasteiger partial charge >= 0.3 is 6.01 Å². The van der Waals surface area contributed by atoms with Crippen molar-refractivity contribution < 1.29 is 18.3 Å². The number of hydrogen-bond donors (Lipinski definition) is 2. The van der Waals surface area contributed by atoms with Crippen LogP contribution in [-0.2, 0) is 0 Å². The fourth-order valence-electron chi connectivity index (χ4n) is 2.99. The lowest BCUT2D eigenvalue weighted by molar-refractivity contribution is 0.411. The van der Waals surface area contributed by atoms with E-state index in [2.05, 4.69) is 20.6 Å². The van der Waals surface area contributed by atoms with Gasteiger partial charge in [-0.25, -0.2) is 13.8 Å². The summed E-state index contributed by atoms with van der Waals surface area (Å²) in [6.07, 6.45) is 3.81. The van der Waals surface area contributed by atoms with Gasteiger partial charge in [0.05, 0.1) is 6.20 Å². The van der Waals surface area contributed by atoms with Crippen LogP contribution in [0.5, 0.6) is 23.4 Å². The number of anilines is 1. The highest BCUT2D eigenvalue weighted by molar-refractivity contribution is 5.53. The van der Waals surface area contributed by atoms with Crippen LogP contribution >= 0.6 is 0 Å². The van der Waals surface area contributed by atoms with Gasteiger partial charge in [-0.05, 0) is 67.9 Å². The van der Waals surface area contributed by atoms with Gasteiger partial charge in [-0.1, -0.05) is 0 Å². The molecule has 1 saturated heterocycles. The van der Waals surface area contributed by atoms with Gasteiger partial charge in [0.15, 0.2) is 0 Å². The number of aromatic nitrogens is 2. The lowest BCUT2D eigenvalue weighted by Gasteiger charge is -2.16. The molecule has 0 aliphatic carbocycles. The van der Waals surface area contributed by atoms with Gasteiger partial charge in [0.25, 0.3) is 0 Å². The van der Waals surface area contributed by atoms with E-state index in [1.165, 1.54) is 48.5 Å². The molecule has 0 bridgehead atoms. The van der Waals surface area contributed by atoms with Gasteiger partial charge in [-0.2, -0.15) is 4.98 Å². The second-order valence-electron chi connectivity index (χ2n) is 6.66. The van der Waals surface area contributed by atoms with Gasteiger partial charge in [0, 0.05) is 12.6 Å². The van der Waals surface area contributed by atoms with Crippen molar-refractivity contribution in [2.45, 2.75) is 18.9 Å². The van der Waals surface area contributed by atoms with E-state index in [1.54, 1.807) is 6.20 Å². The molecule has 2 heterocycles. The average Bonchev–Trinajstić information content (AvgIpc) is 3.25. The average molecular weight is 398 g/mol. The van der Waals surface area contributed by atoms with Gasteiger partial charge < -0.3 is 20.1 Å². The minimum Gasteiger partial charge on any atom is -0.437 e. The zero-order valence-electron chi connectivity index (χ0n) is 15.6. The zero-order valence-corrected chi connectivity index (χ0v) is 15.6. The molecule has 4 rings (SSSR count). The Morgan fingerprint density at radius 1 is 0.966 bits per heavy atom. The quantitative estimate of drug-likeness (QED) is 0.611. The van der Waals surface area contributed by atoms with E-state index < -0.39 is 0 Å². The largest absolute Gasteiger partial charge is 0.437 e. The van der Waals surface area contributed by atoms with Crippen LogP contribution in [0.2, 0.25) is 0 Å². The molecule has 0 spiro atoms. The van der Waals surface area contributed by atoms with Crippen molar-refractivity contribution in [3.05, 3.63) is 66.4 Å². The smallest absolute Gasteiger partial charge is 0.325 e. The third-order valence-electron chi connectivity index (χ3n) is 4.48. The topological polar surface area (TPSA) is 68.3 Å². The number of nitrogens with one attached hydrogen (secondary N) is 2. The van der Waals surface area contributed by atoms with Crippen molar-refractivity contribution in [2.24, 2.45) is 0 Å². The molecule has 1 atom stereocenters. The molecule has 0 unspecified atom stereocenters. The Bertz CT molecular complexity index is 946. The molecule has 8 heteroatoms. The van der Waals surface area contributed by atoms with Crippen LogP contribution in [-0.4, -0.2) is 29.1 Å². The van der Waals surface area contributed by atoms with Gasteiger partial charge in [0.1, 0.15) is 28.8 Å². The molecule has 150 valence electrons. The van der Waals surface area contributed by atoms with E-state index in [0.717, 1.165) is 19.4 Å². The summed E-state index contributed by atoms with van der Waals surface area (Å²) in [5.74, 6) is 0.362. The highest BCUT2D eigenvalue weighted by Gasteiger charge is 2.16. The number of nitrogens with zero attached hydrogens (tertiary/aromatic N) is 2. The molecule has 0 amide bonds. The molecule has 2 N–H and O–H groups in total. The van der Waals surface area contributed by atoms with E-state index in [9.17, 15) is 8.78 Å². The van der Waals surface area contributed by atoms with E-state index in [4.69, 9.17) is 9.47 Å². The number of benzene rings is 2. The maximum Gasteiger partial charge on any atom is 0.325 e. The van der Waals surface area contributed by atoms with Crippen LogP contribution in [0.4, 0.5) is 14.5 Å². The maximum absolute atomic E-state index is 13.2. The Morgan fingerprint density at radius 2 is 1.62 bits per heavy atom. The minimum atomic E-state index is -0.362. The standard InChI is InChI=1S/C21H20F2N4O2/c22-14-3-7-17(8-4-14)28-20-19(25-12-16-2-1-11-24-16)13-26-21(27-20)29-18-9-5-15(23)6-10-18/h3-10,13,16,24-25H,1-2,11-12H2/t16-/m0/s1. The molecular weight excluding hydrogens is 378 g/mol. The second-order valence-corrected chi connectivity index (χ2v) is 6.66. The Balaban J connectivity index is 1.55. The molecule has 1 aliphatic heterocycles. The summed E-state index contributed by atoms with van der Waals surface area (Å²) in [7, 11) is 0. The van der Waals surface area contributed by atoms with Gasteiger partial charge in [0.2, 0.25) is 5.88 Å². The molecule has 1 aliphatic rings. The fourth-order valence-corrected chi connectivity index (χ4v) is 2.99. The zero-order chi connectivity index (χ0) is 20.1. The summed E-state index contributed by atoms with van der Waals surface area (Å²) in [5.41, 5.74) is 0.592. The Hall–Kier alpha value is -3.26.